The van der Waals surface area contributed by atoms with Crippen LogP contribution in [0.15, 0.2) is 24.4 Å². The molecule has 0 spiro atoms. The Morgan fingerprint density at radius 1 is 1.42 bits per heavy atom. The van der Waals surface area contributed by atoms with Crippen molar-refractivity contribution in [1.82, 2.24) is 4.98 Å². The number of nitrogens with zero attached hydrogens (tertiary/aromatic N) is 2. The first kappa shape index (κ1) is 18.7. The van der Waals surface area contributed by atoms with Crippen molar-refractivity contribution in [2.24, 2.45) is 0 Å². The zero-order chi connectivity index (χ0) is 17.7. The molecule has 1 atom stereocenters. The molecule has 1 aromatic carbocycles. The number of hydrogen-bond acceptors (Lipinski definition) is 4. The second kappa shape index (κ2) is 8.45. The fourth-order valence-corrected chi connectivity index (χ4v) is 3.37. The molecule has 3 rings (SSSR count). The molecule has 0 radical (unpaired) electrons. The summed E-state index contributed by atoms with van der Waals surface area (Å²) in [7, 11) is 1.73. The predicted octanol–water partition coefficient (Wildman–Crippen LogP) is 4.73. The maximum Gasteiger partial charge on any atom is 0.162 e. The van der Waals surface area contributed by atoms with Crippen molar-refractivity contribution in [3.63, 3.8) is 0 Å². The first-order valence-electron chi connectivity index (χ1n) is 8.47. The molecule has 1 saturated heterocycles. The zero-order valence-electron chi connectivity index (χ0n) is 14.8. The molecular formula is C19H25ClN2O2. The van der Waals surface area contributed by atoms with E-state index in [1.165, 1.54) is 0 Å². The number of hydrogen-bond donors (Lipinski definition) is 0. The third kappa shape index (κ3) is 3.70. The van der Waals surface area contributed by atoms with E-state index in [1.807, 2.05) is 26.0 Å². The molecule has 1 aliphatic rings. The SMILES string of the molecule is CC.COC1CCCN(c2c(C(C)=O)cc(Cl)c3cccnc23)C1. The van der Waals surface area contributed by atoms with E-state index in [-0.39, 0.29) is 11.9 Å². The first-order chi connectivity index (χ1) is 11.6. The Bertz CT molecular complexity index is 718. The third-order valence-electron chi connectivity index (χ3n) is 4.22. The number of aromatic nitrogens is 1. The van der Waals surface area contributed by atoms with Crippen LogP contribution in [0, 0.1) is 0 Å². The second-order valence-electron chi connectivity index (χ2n) is 5.66. The van der Waals surface area contributed by atoms with E-state index in [0.717, 1.165) is 42.5 Å². The number of piperidine rings is 1. The molecule has 0 amide bonds. The van der Waals surface area contributed by atoms with Crippen LogP contribution in [-0.4, -0.2) is 37.1 Å². The summed E-state index contributed by atoms with van der Waals surface area (Å²) >= 11 is 6.34. The number of rotatable bonds is 3. The number of ketones is 1. The fraction of sp³-hybridized carbons (Fsp3) is 0.474. The largest absolute Gasteiger partial charge is 0.380 e. The molecule has 1 aliphatic heterocycles. The van der Waals surface area contributed by atoms with Gasteiger partial charge < -0.3 is 9.64 Å². The van der Waals surface area contributed by atoms with Crippen molar-refractivity contribution >= 4 is 34.0 Å². The number of carbonyl (C=O) groups is 1. The minimum atomic E-state index is 0.00370. The minimum Gasteiger partial charge on any atom is -0.380 e. The number of fused-ring (bicyclic) bond motifs is 1. The molecule has 0 N–H and O–H groups in total. The second-order valence-corrected chi connectivity index (χ2v) is 6.06. The molecule has 0 bridgehead atoms. The standard InChI is InChI=1S/C17H19ClN2O2.C2H6/c1-11(21)14-9-15(18)13-6-3-7-19-16(13)17(14)20-8-4-5-12(10-20)22-2;1-2/h3,6-7,9,12H,4-5,8,10H2,1-2H3;1-2H3. The summed E-state index contributed by atoms with van der Waals surface area (Å²) in [5, 5.41) is 1.45. The Hall–Kier alpha value is -1.65. The number of anilines is 1. The van der Waals surface area contributed by atoms with Gasteiger partial charge in [-0.1, -0.05) is 25.4 Å². The highest BCUT2D eigenvalue weighted by atomic mass is 35.5. The van der Waals surface area contributed by atoms with Gasteiger partial charge in [-0.25, -0.2) is 0 Å². The van der Waals surface area contributed by atoms with Gasteiger partial charge in [0, 0.05) is 37.3 Å². The highest BCUT2D eigenvalue weighted by Crippen LogP contribution is 2.36. The Kier molecular flexibility index (Phi) is 6.58. The monoisotopic (exact) mass is 348 g/mol. The number of ether oxygens (including phenoxy) is 1. The van der Waals surface area contributed by atoms with Crippen molar-refractivity contribution in [1.29, 1.82) is 0 Å². The quantitative estimate of drug-likeness (QED) is 0.752. The van der Waals surface area contributed by atoms with E-state index in [2.05, 4.69) is 9.88 Å². The van der Waals surface area contributed by atoms with E-state index in [4.69, 9.17) is 16.3 Å². The minimum absolute atomic E-state index is 0.00370. The first-order valence-corrected chi connectivity index (χ1v) is 8.85. The third-order valence-corrected chi connectivity index (χ3v) is 4.54. The molecule has 5 heteroatoms. The van der Waals surface area contributed by atoms with Crippen molar-refractivity contribution in [3.8, 4) is 0 Å². The predicted molar refractivity (Wildman–Crippen MR) is 100 cm³/mol. The molecule has 2 aromatic rings. The number of pyridine rings is 1. The van der Waals surface area contributed by atoms with Crippen LogP contribution >= 0.6 is 11.6 Å². The molecular weight excluding hydrogens is 324 g/mol. The Morgan fingerprint density at radius 2 is 2.17 bits per heavy atom. The molecule has 1 unspecified atom stereocenters. The van der Waals surface area contributed by atoms with Crippen LogP contribution in [0.1, 0.15) is 44.0 Å². The lowest BCUT2D eigenvalue weighted by molar-refractivity contribution is 0.0891. The molecule has 130 valence electrons. The van der Waals surface area contributed by atoms with Crippen LogP contribution < -0.4 is 4.90 Å². The average molecular weight is 349 g/mol. The summed E-state index contributed by atoms with van der Waals surface area (Å²) in [6.45, 7) is 7.24. The van der Waals surface area contributed by atoms with Gasteiger partial charge in [-0.15, -0.1) is 0 Å². The molecule has 0 aliphatic carbocycles. The van der Waals surface area contributed by atoms with E-state index in [9.17, 15) is 4.79 Å². The summed E-state index contributed by atoms with van der Waals surface area (Å²) in [6.07, 6.45) is 4.00. The van der Waals surface area contributed by atoms with Crippen LogP contribution in [0.4, 0.5) is 5.69 Å². The van der Waals surface area contributed by atoms with Crippen LogP contribution in [0.5, 0.6) is 0 Å². The van der Waals surface area contributed by atoms with Gasteiger partial charge in [-0.05, 0) is 38.0 Å². The molecule has 2 heterocycles. The average Bonchev–Trinajstić information content (AvgIpc) is 2.63. The van der Waals surface area contributed by atoms with Gasteiger partial charge in [0.05, 0.1) is 22.3 Å². The molecule has 24 heavy (non-hydrogen) atoms. The number of Topliss-reactive ketones (excluding diaryl/α,β-unsaturated/α-hetero) is 1. The van der Waals surface area contributed by atoms with E-state index in [0.29, 0.717) is 10.6 Å². The molecule has 4 nitrogen and oxygen atoms in total. The summed E-state index contributed by atoms with van der Waals surface area (Å²) in [4.78, 5) is 18.8. The number of halogens is 1. The van der Waals surface area contributed by atoms with E-state index in [1.54, 1.807) is 26.3 Å². The van der Waals surface area contributed by atoms with Crippen LogP contribution in [-0.2, 0) is 4.74 Å². The Morgan fingerprint density at radius 3 is 2.83 bits per heavy atom. The number of methoxy groups -OCH3 is 1. The highest BCUT2D eigenvalue weighted by Gasteiger charge is 2.25. The van der Waals surface area contributed by atoms with E-state index >= 15 is 0 Å². The van der Waals surface area contributed by atoms with Gasteiger partial charge >= 0.3 is 0 Å². The van der Waals surface area contributed by atoms with Gasteiger partial charge in [0.2, 0.25) is 0 Å². The smallest absolute Gasteiger partial charge is 0.162 e. The molecule has 1 fully saturated rings. The van der Waals surface area contributed by atoms with Gasteiger partial charge in [0.25, 0.3) is 0 Å². The fourth-order valence-electron chi connectivity index (χ4n) is 3.11. The summed E-state index contributed by atoms with van der Waals surface area (Å²) in [5.41, 5.74) is 2.30. The lowest BCUT2D eigenvalue weighted by Gasteiger charge is -2.35. The lowest BCUT2D eigenvalue weighted by Crippen LogP contribution is -2.40. The van der Waals surface area contributed by atoms with Gasteiger partial charge in [-0.3, -0.25) is 9.78 Å². The normalized spacial score (nSPS) is 17.4. The van der Waals surface area contributed by atoms with Crippen molar-refractivity contribution < 1.29 is 9.53 Å². The topological polar surface area (TPSA) is 42.4 Å². The highest BCUT2D eigenvalue weighted by molar-refractivity contribution is 6.36. The maximum absolute atomic E-state index is 12.1. The van der Waals surface area contributed by atoms with Crippen LogP contribution in [0.25, 0.3) is 10.9 Å². The Balaban J connectivity index is 0.00000100. The summed E-state index contributed by atoms with van der Waals surface area (Å²) in [6, 6.07) is 5.56. The summed E-state index contributed by atoms with van der Waals surface area (Å²) in [5.74, 6) is 0.00370. The van der Waals surface area contributed by atoms with Crippen molar-refractivity contribution in [2.75, 3.05) is 25.1 Å². The van der Waals surface area contributed by atoms with Crippen LogP contribution in [0.2, 0.25) is 5.02 Å². The van der Waals surface area contributed by atoms with Crippen molar-refractivity contribution in [3.05, 3.63) is 35.0 Å². The molecule has 1 aromatic heterocycles. The van der Waals surface area contributed by atoms with Gasteiger partial charge in [0.1, 0.15) is 0 Å². The lowest BCUT2D eigenvalue weighted by atomic mass is 10.0. The van der Waals surface area contributed by atoms with Gasteiger partial charge in [-0.2, -0.15) is 0 Å². The number of carbonyl (C=O) groups excluding carboxylic acids is 1. The van der Waals surface area contributed by atoms with E-state index < -0.39 is 0 Å². The van der Waals surface area contributed by atoms with Crippen molar-refractivity contribution in [2.45, 2.75) is 39.7 Å². The van der Waals surface area contributed by atoms with Gasteiger partial charge in [0.15, 0.2) is 5.78 Å². The zero-order valence-corrected chi connectivity index (χ0v) is 15.6. The molecule has 0 saturated carbocycles. The van der Waals surface area contributed by atoms with Crippen LogP contribution in [0.3, 0.4) is 0 Å². The number of benzene rings is 1. The Labute approximate surface area is 148 Å². The maximum atomic E-state index is 12.1. The summed E-state index contributed by atoms with van der Waals surface area (Å²) < 4.78 is 5.51.